The molecule has 1 atom stereocenters. The first-order valence-corrected chi connectivity index (χ1v) is 7.61. The third-order valence-corrected chi connectivity index (χ3v) is 4.71. The van der Waals surface area contributed by atoms with Crippen LogP contribution in [0, 0.1) is 5.92 Å². The van der Waals surface area contributed by atoms with Crippen molar-refractivity contribution in [1.82, 2.24) is 9.80 Å². The molecule has 2 aliphatic rings. The number of nitrogens with zero attached hydrogens (tertiary/aromatic N) is 2. The summed E-state index contributed by atoms with van der Waals surface area (Å²) in [5.41, 5.74) is 0. The van der Waals surface area contributed by atoms with Crippen molar-refractivity contribution in [1.29, 1.82) is 0 Å². The van der Waals surface area contributed by atoms with Gasteiger partial charge in [-0.15, -0.1) is 0 Å². The largest absolute Gasteiger partial charge is 0.353 e. The van der Waals surface area contributed by atoms with Gasteiger partial charge in [0.2, 0.25) is 11.8 Å². The van der Waals surface area contributed by atoms with E-state index in [1.165, 1.54) is 0 Å². The third-order valence-electron chi connectivity index (χ3n) is 4.71. The van der Waals surface area contributed by atoms with Crippen LogP contribution in [0.3, 0.4) is 0 Å². The second-order valence-corrected chi connectivity index (χ2v) is 6.19. The molecule has 2 fully saturated rings. The van der Waals surface area contributed by atoms with E-state index >= 15 is 0 Å². The molecule has 2 rings (SSSR count). The van der Waals surface area contributed by atoms with Gasteiger partial charge >= 0.3 is 0 Å². The monoisotopic (exact) mass is 298 g/mol. The second kappa shape index (κ2) is 6.32. The van der Waals surface area contributed by atoms with Crippen molar-refractivity contribution in [3.8, 4) is 0 Å². The van der Waals surface area contributed by atoms with Crippen molar-refractivity contribution < 1.29 is 19.1 Å². The van der Waals surface area contributed by atoms with E-state index in [-0.39, 0.29) is 23.8 Å². The molecule has 6 heteroatoms. The van der Waals surface area contributed by atoms with Gasteiger partial charge in [-0.05, 0) is 13.8 Å². The Morgan fingerprint density at radius 2 is 1.81 bits per heavy atom. The van der Waals surface area contributed by atoms with Gasteiger partial charge in [-0.25, -0.2) is 0 Å². The number of carbonyl (C=O) groups excluding carboxylic acids is 2. The molecule has 0 aromatic rings. The molecule has 0 aromatic heterocycles. The van der Waals surface area contributed by atoms with Crippen LogP contribution in [0.1, 0.15) is 33.1 Å². The molecule has 120 valence electrons. The molecular weight excluding hydrogens is 272 g/mol. The van der Waals surface area contributed by atoms with Gasteiger partial charge in [-0.2, -0.15) is 0 Å². The number of hydrogen-bond acceptors (Lipinski definition) is 4. The molecule has 0 aliphatic carbocycles. The predicted octanol–water partition coefficient (Wildman–Crippen LogP) is 0.855. The van der Waals surface area contributed by atoms with E-state index in [9.17, 15) is 9.59 Å². The van der Waals surface area contributed by atoms with Crippen molar-refractivity contribution >= 4 is 11.8 Å². The summed E-state index contributed by atoms with van der Waals surface area (Å²) in [4.78, 5) is 28.1. The Morgan fingerprint density at radius 3 is 2.24 bits per heavy atom. The van der Waals surface area contributed by atoms with Gasteiger partial charge in [0.05, 0.1) is 5.92 Å². The van der Waals surface area contributed by atoms with E-state index < -0.39 is 5.79 Å². The Kier molecular flexibility index (Phi) is 4.88. The van der Waals surface area contributed by atoms with Crippen molar-refractivity contribution in [3.63, 3.8) is 0 Å². The SMILES string of the molecule is COC1(OC)CCN(C(=O)C2CC(=O)N(C(C)C)C2)CC1. The number of amides is 2. The fourth-order valence-electron chi connectivity index (χ4n) is 3.21. The fourth-order valence-corrected chi connectivity index (χ4v) is 3.21. The van der Waals surface area contributed by atoms with Crippen LogP contribution in [0.2, 0.25) is 0 Å². The van der Waals surface area contributed by atoms with Crippen LogP contribution < -0.4 is 0 Å². The van der Waals surface area contributed by atoms with Gasteiger partial charge in [0, 0.05) is 59.2 Å². The van der Waals surface area contributed by atoms with Crippen LogP contribution in [0.5, 0.6) is 0 Å². The molecule has 0 radical (unpaired) electrons. The van der Waals surface area contributed by atoms with E-state index in [2.05, 4.69) is 0 Å². The van der Waals surface area contributed by atoms with Crippen LogP contribution in [-0.4, -0.2) is 67.3 Å². The lowest BCUT2D eigenvalue weighted by atomic mass is 10.0. The summed E-state index contributed by atoms with van der Waals surface area (Å²) in [7, 11) is 3.27. The molecule has 1 unspecified atom stereocenters. The van der Waals surface area contributed by atoms with Crippen molar-refractivity contribution in [2.75, 3.05) is 33.9 Å². The zero-order valence-electron chi connectivity index (χ0n) is 13.4. The van der Waals surface area contributed by atoms with E-state index in [1.54, 1.807) is 19.1 Å². The molecule has 0 N–H and O–H groups in total. The lowest BCUT2D eigenvalue weighted by Crippen LogP contribution is -2.50. The maximum atomic E-state index is 12.6. The first kappa shape index (κ1) is 16.2. The zero-order chi connectivity index (χ0) is 15.6. The molecule has 2 amide bonds. The molecule has 2 aliphatic heterocycles. The normalized spacial score (nSPS) is 25.8. The first-order valence-electron chi connectivity index (χ1n) is 7.61. The summed E-state index contributed by atoms with van der Waals surface area (Å²) in [6, 6.07) is 0.159. The number of rotatable bonds is 4. The number of ether oxygens (including phenoxy) is 2. The highest BCUT2D eigenvalue weighted by molar-refractivity contribution is 5.89. The number of likely N-dealkylation sites (tertiary alicyclic amines) is 2. The molecule has 6 nitrogen and oxygen atoms in total. The Hall–Kier alpha value is -1.14. The Labute approximate surface area is 126 Å². The number of carbonyl (C=O) groups is 2. The average molecular weight is 298 g/mol. The zero-order valence-corrected chi connectivity index (χ0v) is 13.4. The Bertz CT molecular complexity index is 396. The van der Waals surface area contributed by atoms with Gasteiger partial charge in [0.25, 0.3) is 0 Å². The molecule has 0 aromatic carbocycles. The Morgan fingerprint density at radius 1 is 1.24 bits per heavy atom. The van der Waals surface area contributed by atoms with Crippen molar-refractivity contribution in [3.05, 3.63) is 0 Å². The predicted molar refractivity (Wildman–Crippen MR) is 77.5 cm³/mol. The van der Waals surface area contributed by atoms with E-state index in [4.69, 9.17) is 9.47 Å². The minimum absolute atomic E-state index is 0.0866. The molecule has 0 bridgehead atoms. The highest BCUT2D eigenvalue weighted by Crippen LogP contribution is 2.29. The second-order valence-electron chi connectivity index (χ2n) is 6.19. The van der Waals surface area contributed by atoms with Gasteiger partial charge in [-0.3, -0.25) is 9.59 Å². The number of piperidine rings is 1. The average Bonchev–Trinajstić information content (AvgIpc) is 2.89. The van der Waals surface area contributed by atoms with Gasteiger partial charge in [0.15, 0.2) is 5.79 Å². The molecule has 2 saturated heterocycles. The number of methoxy groups -OCH3 is 2. The van der Waals surface area contributed by atoms with Crippen LogP contribution in [0.4, 0.5) is 0 Å². The van der Waals surface area contributed by atoms with Crippen molar-refractivity contribution in [2.24, 2.45) is 5.92 Å². The highest BCUT2D eigenvalue weighted by atomic mass is 16.7. The first-order chi connectivity index (χ1) is 9.92. The van der Waals surface area contributed by atoms with Gasteiger partial charge in [-0.1, -0.05) is 0 Å². The van der Waals surface area contributed by atoms with Gasteiger partial charge < -0.3 is 19.3 Å². The summed E-state index contributed by atoms with van der Waals surface area (Å²) in [6.07, 6.45) is 1.67. The van der Waals surface area contributed by atoms with E-state index in [0.29, 0.717) is 38.9 Å². The van der Waals surface area contributed by atoms with E-state index in [1.807, 2.05) is 18.7 Å². The van der Waals surface area contributed by atoms with Crippen LogP contribution >= 0.6 is 0 Å². The Balaban J connectivity index is 1.93. The van der Waals surface area contributed by atoms with Crippen LogP contribution in [0.15, 0.2) is 0 Å². The third kappa shape index (κ3) is 3.21. The van der Waals surface area contributed by atoms with Gasteiger partial charge in [0.1, 0.15) is 0 Å². The molecule has 21 heavy (non-hydrogen) atoms. The lowest BCUT2D eigenvalue weighted by Gasteiger charge is -2.40. The molecular formula is C15H26N2O4. The molecule has 0 saturated carbocycles. The summed E-state index contributed by atoms with van der Waals surface area (Å²) < 4.78 is 10.8. The summed E-state index contributed by atoms with van der Waals surface area (Å²) in [5.74, 6) is -0.583. The van der Waals surface area contributed by atoms with E-state index in [0.717, 1.165) is 0 Å². The van der Waals surface area contributed by atoms with Crippen LogP contribution in [-0.2, 0) is 19.1 Å². The summed E-state index contributed by atoms with van der Waals surface area (Å²) in [6.45, 7) is 5.75. The summed E-state index contributed by atoms with van der Waals surface area (Å²) in [5, 5.41) is 0. The fraction of sp³-hybridized carbons (Fsp3) is 0.867. The molecule has 2 heterocycles. The highest BCUT2D eigenvalue weighted by Gasteiger charge is 2.41. The maximum Gasteiger partial charge on any atom is 0.228 e. The topological polar surface area (TPSA) is 59.1 Å². The lowest BCUT2D eigenvalue weighted by molar-refractivity contribution is -0.229. The van der Waals surface area contributed by atoms with Crippen LogP contribution in [0.25, 0.3) is 0 Å². The standard InChI is InChI=1S/C15H26N2O4/c1-11(2)17-10-12(9-13(17)18)14(19)16-7-5-15(20-3,21-4)6-8-16/h11-12H,5-10H2,1-4H3. The molecule has 0 spiro atoms. The summed E-state index contributed by atoms with van der Waals surface area (Å²) >= 11 is 0. The minimum Gasteiger partial charge on any atom is -0.353 e. The van der Waals surface area contributed by atoms with Crippen molar-refractivity contribution in [2.45, 2.75) is 44.9 Å². The smallest absolute Gasteiger partial charge is 0.228 e. The quantitative estimate of drug-likeness (QED) is 0.722. The maximum absolute atomic E-state index is 12.6. The minimum atomic E-state index is -0.563. The number of hydrogen-bond donors (Lipinski definition) is 0.